The van der Waals surface area contributed by atoms with Crippen molar-refractivity contribution < 1.29 is 28.1 Å². The Morgan fingerprint density at radius 2 is 2.00 bits per heavy atom. The number of nitrogens with zero attached hydrogens (tertiary/aromatic N) is 2. The summed E-state index contributed by atoms with van der Waals surface area (Å²) >= 11 is 0. The lowest BCUT2D eigenvalue weighted by Gasteiger charge is -2.30. The Labute approximate surface area is 147 Å². The molecule has 0 bridgehead atoms. The zero-order valence-electron chi connectivity index (χ0n) is 14.9. The molecular weight excluding hydrogens is 331 g/mol. The lowest BCUT2D eigenvalue weighted by Crippen LogP contribution is -2.40. The number of anilines is 2. The van der Waals surface area contributed by atoms with Crippen LogP contribution in [0.4, 0.5) is 20.6 Å². The second-order valence-electron chi connectivity index (χ2n) is 5.45. The van der Waals surface area contributed by atoms with Crippen LogP contribution in [0, 0.1) is 5.82 Å². The summed E-state index contributed by atoms with van der Waals surface area (Å²) in [6, 6.07) is 4.67. The summed E-state index contributed by atoms with van der Waals surface area (Å²) in [5.41, 5.74) is 0.873. The van der Waals surface area contributed by atoms with Gasteiger partial charge in [0.2, 0.25) is 0 Å². The fraction of sp³-hybridized carbons (Fsp3) is 0.588. The molecule has 0 aliphatic carbocycles. The van der Waals surface area contributed by atoms with Gasteiger partial charge >= 0.3 is 6.09 Å². The summed E-state index contributed by atoms with van der Waals surface area (Å²) in [5, 5.41) is 0. The van der Waals surface area contributed by atoms with Gasteiger partial charge in [-0.1, -0.05) is 0 Å². The summed E-state index contributed by atoms with van der Waals surface area (Å²) in [6.07, 6.45) is -1.23. The van der Waals surface area contributed by atoms with Crippen molar-refractivity contribution in [3.8, 4) is 0 Å². The molecule has 0 aromatic heterocycles. The molecule has 0 N–H and O–H groups in total. The molecule has 1 aromatic rings. The molecule has 1 amide bonds. The predicted molar refractivity (Wildman–Crippen MR) is 91.6 cm³/mol. The first-order valence-corrected chi connectivity index (χ1v) is 8.22. The van der Waals surface area contributed by atoms with E-state index >= 15 is 0 Å². The van der Waals surface area contributed by atoms with Gasteiger partial charge in [0.15, 0.2) is 6.29 Å². The van der Waals surface area contributed by atoms with Gasteiger partial charge in [-0.3, -0.25) is 4.90 Å². The third-order valence-electron chi connectivity index (χ3n) is 3.94. The van der Waals surface area contributed by atoms with Crippen molar-refractivity contribution >= 4 is 17.5 Å². The topological polar surface area (TPSA) is 60.5 Å². The highest BCUT2D eigenvalue weighted by molar-refractivity contribution is 5.88. The number of hydrogen-bond acceptors (Lipinski definition) is 6. The zero-order valence-corrected chi connectivity index (χ0v) is 14.9. The third kappa shape index (κ3) is 5.04. The van der Waals surface area contributed by atoms with Crippen LogP contribution < -0.4 is 9.80 Å². The molecule has 1 saturated heterocycles. The van der Waals surface area contributed by atoms with E-state index in [-0.39, 0.29) is 13.2 Å². The Morgan fingerprint density at radius 1 is 1.32 bits per heavy atom. The normalized spacial score (nSPS) is 14.7. The van der Waals surface area contributed by atoms with E-state index in [0.717, 1.165) is 0 Å². The molecule has 25 heavy (non-hydrogen) atoms. The van der Waals surface area contributed by atoms with Gasteiger partial charge in [-0.15, -0.1) is 0 Å². The molecule has 8 heteroatoms. The predicted octanol–water partition coefficient (Wildman–Crippen LogP) is 2.24. The number of amides is 1. The van der Waals surface area contributed by atoms with E-state index in [9.17, 15) is 9.18 Å². The van der Waals surface area contributed by atoms with Crippen molar-refractivity contribution in [2.45, 2.75) is 13.2 Å². The van der Waals surface area contributed by atoms with E-state index in [1.165, 1.54) is 25.2 Å². The van der Waals surface area contributed by atoms with Gasteiger partial charge < -0.3 is 23.8 Å². The molecule has 140 valence electrons. The first kappa shape index (κ1) is 19.4. The Bertz CT molecular complexity index is 562. The molecule has 1 aliphatic rings. The molecule has 7 nitrogen and oxygen atoms in total. The SMILES string of the molecule is CCOC(=O)N(CC(OC)OC)c1ccc(N2CCOCC2)c(F)c1. The van der Waals surface area contributed by atoms with Crippen LogP contribution in [0.15, 0.2) is 18.2 Å². The number of halogens is 1. The monoisotopic (exact) mass is 356 g/mol. The maximum absolute atomic E-state index is 14.6. The van der Waals surface area contributed by atoms with Gasteiger partial charge in [0.1, 0.15) is 5.82 Å². The van der Waals surface area contributed by atoms with Crippen molar-refractivity contribution in [3.05, 3.63) is 24.0 Å². The number of benzene rings is 1. The van der Waals surface area contributed by atoms with Crippen LogP contribution in [0.25, 0.3) is 0 Å². The third-order valence-corrected chi connectivity index (χ3v) is 3.94. The minimum atomic E-state index is -0.647. The van der Waals surface area contributed by atoms with Crippen LogP contribution in [0.2, 0.25) is 0 Å². The number of ether oxygens (including phenoxy) is 4. The molecule has 0 atom stereocenters. The maximum atomic E-state index is 14.6. The summed E-state index contributed by atoms with van der Waals surface area (Å²) in [5.74, 6) is -0.403. The van der Waals surface area contributed by atoms with Gasteiger partial charge in [0.05, 0.1) is 37.7 Å². The molecule has 0 unspecified atom stereocenters. The Balaban J connectivity index is 2.23. The van der Waals surface area contributed by atoms with Crippen molar-refractivity contribution in [2.75, 3.05) is 63.5 Å². The van der Waals surface area contributed by atoms with E-state index in [1.54, 1.807) is 19.1 Å². The van der Waals surface area contributed by atoms with Gasteiger partial charge in [-0.2, -0.15) is 0 Å². The summed E-state index contributed by atoms with van der Waals surface area (Å²) < 4.78 is 35.3. The van der Waals surface area contributed by atoms with E-state index < -0.39 is 18.2 Å². The van der Waals surface area contributed by atoms with Gasteiger partial charge in [-0.25, -0.2) is 9.18 Å². The average molecular weight is 356 g/mol. The van der Waals surface area contributed by atoms with Crippen LogP contribution in [0.5, 0.6) is 0 Å². The summed E-state index contributed by atoms with van der Waals surface area (Å²) in [6.45, 7) is 4.42. The van der Waals surface area contributed by atoms with Gasteiger partial charge in [0.25, 0.3) is 0 Å². The Morgan fingerprint density at radius 3 is 2.56 bits per heavy atom. The lowest BCUT2D eigenvalue weighted by molar-refractivity contribution is -0.0945. The quantitative estimate of drug-likeness (QED) is 0.699. The number of morpholine rings is 1. The largest absolute Gasteiger partial charge is 0.449 e. The average Bonchev–Trinajstić information content (AvgIpc) is 2.63. The molecule has 1 aliphatic heterocycles. The fourth-order valence-electron chi connectivity index (χ4n) is 2.61. The van der Waals surface area contributed by atoms with Crippen molar-refractivity contribution in [3.63, 3.8) is 0 Å². The van der Waals surface area contributed by atoms with Crippen LogP contribution in [0.3, 0.4) is 0 Å². The molecule has 1 heterocycles. The smallest absolute Gasteiger partial charge is 0.414 e. The van der Waals surface area contributed by atoms with Gasteiger partial charge in [0, 0.05) is 27.3 Å². The minimum absolute atomic E-state index is 0.0855. The maximum Gasteiger partial charge on any atom is 0.414 e. The molecular formula is C17H25FN2O5. The summed E-state index contributed by atoms with van der Waals surface area (Å²) in [4.78, 5) is 15.5. The Hall–Kier alpha value is -1.90. The molecule has 0 saturated carbocycles. The van der Waals surface area contributed by atoms with Crippen molar-refractivity contribution in [1.29, 1.82) is 0 Å². The highest BCUT2D eigenvalue weighted by atomic mass is 19.1. The number of methoxy groups -OCH3 is 2. The fourth-order valence-corrected chi connectivity index (χ4v) is 2.61. The number of rotatable bonds is 7. The molecule has 0 radical (unpaired) electrons. The number of carbonyl (C=O) groups is 1. The van der Waals surface area contributed by atoms with Crippen LogP contribution in [0.1, 0.15) is 6.92 Å². The first-order valence-electron chi connectivity index (χ1n) is 8.22. The second kappa shape index (κ2) is 9.55. The number of hydrogen-bond donors (Lipinski definition) is 0. The zero-order chi connectivity index (χ0) is 18.2. The van der Waals surface area contributed by atoms with E-state index in [4.69, 9.17) is 18.9 Å². The molecule has 0 spiro atoms. The van der Waals surface area contributed by atoms with E-state index in [1.807, 2.05) is 4.90 Å². The molecule has 1 aromatic carbocycles. The van der Waals surface area contributed by atoms with Crippen LogP contribution in [-0.4, -0.2) is 66.1 Å². The number of carbonyl (C=O) groups excluding carboxylic acids is 1. The van der Waals surface area contributed by atoms with E-state index in [0.29, 0.717) is 37.7 Å². The second-order valence-corrected chi connectivity index (χ2v) is 5.45. The first-order chi connectivity index (χ1) is 12.1. The van der Waals surface area contributed by atoms with Crippen molar-refractivity contribution in [2.24, 2.45) is 0 Å². The molecule has 2 rings (SSSR count). The van der Waals surface area contributed by atoms with Crippen LogP contribution >= 0.6 is 0 Å². The van der Waals surface area contributed by atoms with Crippen LogP contribution in [-0.2, 0) is 18.9 Å². The Kier molecular flexibility index (Phi) is 7.42. The lowest BCUT2D eigenvalue weighted by atomic mass is 10.2. The molecule has 1 fully saturated rings. The minimum Gasteiger partial charge on any atom is -0.449 e. The van der Waals surface area contributed by atoms with E-state index in [2.05, 4.69) is 0 Å². The summed E-state index contributed by atoms with van der Waals surface area (Å²) in [7, 11) is 2.94. The highest BCUT2D eigenvalue weighted by Gasteiger charge is 2.23. The standard InChI is InChI=1S/C17H25FN2O5/c1-4-25-17(21)20(12-16(22-2)23-3)13-5-6-15(14(18)11-13)19-7-9-24-10-8-19/h5-6,11,16H,4,7-10,12H2,1-3H3. The van der Waals surface area contributed by atoms with Crippen molar-refractivity contribution in [1.82, 2.24) is 0 Å². The highest BCUT2D eigenvalue weighted by Crippen LogP contribution is 2.26. The van der Waals surface area contributed by atoms with Gasteiger partial charge in [-0.05, 0) is 25.1 Å².